The number of hydrogen-bond acceptors (Lipinski definition) is 2. The molecule has 20 heavy (non-hydrogen) atoms. The van der Waals surface area contributed by atoms with E-state index in [0.717, 1.165) is 31.7 Å². The van der Waals surface area contributed by atoms with E-state index in [2.05, 4.69) is 17.6 Å². The largest absolute Gasteiger partial charge is 0.348 e. The van der Waals surface area contributed by atoms with Gasteiger partial charge in [0.25, 0.3) is 0 Å². The monoisotopic (exact) mass is 300 g/mol. The minimum absolute atomic E-state index is 0.109. The highest BCUT2D eigenvalue weighted by Crippen LogP contribution is 2.19. The molecular weight excluding hydrogens is 283 g/mol. The molecule has 0 spiro atoms. The van der Waals surface area contributed by atoms with E-state index in [0.29, 0.717) is 6.54 Å². The molecule has 0 heterocycles. The lowest BCUT2D eigenvalue weighted by Crippen LogP contribution is -2.35. The third-order valence-corrected chi connectivity index (χ3v) is 2.99. The van der Waals surface area contributed by atoms with Crippen LogP contribution in [0.1, 0.15) is 32.6 Å². The van der Waals surface area contributed by atoms with Gasteiger partial charge in [0.1, 0.15) is 5.82 Å². The summed E-state index contributed by atoms with van der Waals surface area (Å²) >= 11 is 5.58. The molecule has 6 heteroatoms. The number of anilines is 1. The van der Waals surface area contributed by atoms with Gasteiger partial charge < -0.3 is 10.6 Å². The van der Waals surface area contributed by atoms with E-state index in [4.69, 9.17) is 11.6 Å². The third kappa shape index (κ3) is 5.57. The molecule has 0 aromatic heterocycles. The molecular formula is C14H18ClFN2O2. The summed E-state index contributed by atoms with van der Waals surface area (Å²) in [6.45, 7) is 2.57. The molecule has 0 aliphatic carbocycles. The van der Waals surface area contributed by atoms with Crippen molar-refractivity contribution in [2.75, 3.05) is 11.9 Å². The van der Waals surface area contributed by atoms with Gasteiger partial charge >= 0.3 is 11.8 Å². The second kappa shape index (κ2) is 8.53. The second-order valence-corrected chi connectivity index (χ2v) is 4.81. The van der Waals surface area contributed by atoms with E-state index >= 15 is 0 Å². The van der Waals surface area contributed by atoms with Crippen molar-refractivity contribution < 1.29 is 14.0 Å². The predicted octanol–water partition coefficient (Wildman–Crippen LogP) is 3.11. The molecule has 2 amide bonds. The molecule has 0 saturated carbocycles. The van der Waals surface area contributed by atoms with Crippen molar-refractivity contribution in [2.45, 2.75) is 32.6 Å². The zero-order valence-electron chi connectivity index (χ0n) is 11.3. The Morgan fingerprint density at radius 3 is 2.60 bits per heavy atom. The van der Waals surface area contributed by atoms with Gasteiger partial charge in [-0.15, -0.1) is 0 Å². The molecule has 0 saturated heterocycles. The lowest BCUT2D eigenvalue weighted by Gasteiger charge is -2.07. The number of benzene rings is 1. The summed E-state index contributed by atoms with van der Waals surface area (Å²) in [5.74, 6) is -2.07. The second-order valence-electron chi connectivity index (χ2n) is 4.40. The molecule has 0 atom stereocenters. The Bertz CT molecular complexity index is 480. The Morgan fingerprint density at radius 2 is 1.95 bits per heavy atom. The predicted molar refractivity (Wildman–Crippen MR) is 77.2 cm³/mol. The topological polar surface area (TPSA) is 58.2 Å². The van der Waals surface area contributed by atoms with Gasteiger partial charge in [-0.25, -0.2) is 4.39 Å². The average molecular weight is 301 g/mol. The Morgan fingerprint density at radius 1 is 1.20 bits per heavy atom. The van der Waals surface area contributed by atoms with Gasteiger partial charge in [-0.3, -0.25) is 9.59 Å². The van der Waals surface area contributed by atoms with Crippen LogP contribution in [0.4, 0.5) is 10.1 Å². The SMILES string of the molecule is CCCCCCNC(=O)C(=O)Nc1ccc(F)c(Cl)c1. The van der Waals surface area contributed by atoms with Crippen LogP contribution in [-0.4, -0.2) is 18.4 Å². The molecule has 2 N–H and O–H groups in total. The van der Waals surface area contributed by atoms with Crippen LogP contribution in [0.5, 0.6) is 0 Å². The van der Waals surface area contributed by atoms with Crippen molar-refractivity contribution in [3.63, 3.8) is 0 Å². The van der Waals surface area contributed by atoms with Crippen molar-refractivity contribution in [1.29, 1.82) is 0 Å². The molecule has 4 nitrogen and oxygen atoms in total. The van der Waals surface area contributed by atoms with Crippen LogP contribution in [-0.2, 0) is 9.59 Å². The van der Waals surface area contributed by atoms with E-state index in [9.17, 15) is 14.0 Å². The van der Waals surface area contributed by atoms with E-state index in [1.54, 1.807) is 0 Å². The molecule has 0 aliphatic rings. The summed E-state index contributed by atoms with van der Waals surface area (Å²) in [5.41, 5.74) is 0.280. The Kier molecular flexibility index (Phi) is 7.01. The normalized spacial score (nSPS) is 10.2. The fourth-order valence-corrected chi connectivity index (χ4v) is 1.78. The van der Waals surface area contributed by atoms with E-state index in [1.165, 1.54) is 12.1 Å². The van der Waals surface area contributed by atoms with Crippen LogP contribution in [0.15, 0.2) is 18.2 Å². The lowest BCUT2D eigenvalue weighted by atomic mass is 10.2. The summed E-state index contributed by atoms with van der Waals surface area (Å²) in [6.07, 6.45) is 4.08. The molecule has 1 aromatic carbocycles. The van der Waals surface area contributed by atoms with E-state index in [-0.39, 0.29) is 10.7 Å². The summed E-state index contributed by atoms with van der Waals surface area (Å²) in [4.78, 5) is 23.1. The number of unbranched alkanes of at least 4 members (excludes halogenated alkanes) is 3. The number of carbonyl (C=O) groups excluding carboxylic acids is 2. The average Bonchev–Trinajstić information content (AvgIpc) is 2.42. The minimum atomic E-state index is -0.789. The fraction of sp³-hybridized carbons (Fsp3) is 0.429. The van der Waals surface area contributed by atoms with Crippen LogP contribution in [0.25, 0.3) is 0 Å². The smallest absolute Gasteiger partial charge is 0.313 e. The quantitative estimate of drug-likeness (QED) is 0.626. The summed E-state index contributed by atoms with van der Waals surface area (Å²) in [5, 5.41) is 4.78. The first-order valence-corrected chi connectivity index (χ1v) is 6.96. The minimum Gasteiger partial charge on any atom is -0.348 e. The Labute approximate surface area is 122 Å². The molecule has 0 fully saturated rings. The van der Waals surface area contributed by atoms with Crippen molar-refractivity contribution in [1.82, 2.24) is 5.32 Å². The first kappa shape index (κ1) is 16.4. The zero-order valence-corrected chi connectivity index (χ0v) is 12.1. The maximum atomic E-state index is 12.9. The molecule has 0 bridgehead atoms. The Hall–Kier alpha value is -1.62. The lowest BCUT2D eigenvalue weighted by molar-refractivity contribution is -0.136. The third-order valence-electron chi connectivity index (χ3n) is 2.70. The van der Waals surface area contributed by atoms with Crippen LogP contribution in [0.3, 0.4) is 0 Å². The molecule has 1 aromatic rings. The van der Waals surface area contributed by atoms with E-state index < -0.39 is 17.6 Å². The molecule has 0 aliphatic heterocycles. The zero-order chi connectivity index (χ0) is 15.0. The van der Waals surface area contributed by atoms with Gasteiger partial charge in [-0.1, -0.05) is 37.8 Å². The summed E-state index contributed by atoms with van der Waals surface area (Å²) in [6, 6.07) is 3.72. The van der Waals surface area contributed by atoms with Crippen molar-refractivity contribution in [3.8, 4) is 0 Å². The highest BCUT2D eigenvalue weighted by atomic mass is 35.5. The van der Waals surface area contributed by atoms with Gasteiger partial charge in [0.05, 0.1) is 5.02 Å². The van der Waals surface area contributed by atoms with E-state index in [1.807, 2.05) is 0 Å². The highest BCUT2D eigenvalue weighted by molar-refractivity contribution is 6.39. The van der Waals surface area contributed by atoms with Gasteiger partial charge in [0, 0.05) is 12.2 Å². The number of nitrogens with one attached hydrogen (secondary N) is 2. The number of rotatable bonds is 6. The number of carbonyl (C=O) groups is 2. The van der Waals surface area contributed by atoms with Gasteiger partial charge in [0.2, 0.25) is 0 Å². The number of amides is 2. The van der Waals surface area contributed by atoms with Crippen LogP contribution in [0, 0.1) is 5.82 Å². The Balaban J connectivity index is 2.37. The van der Waals surface area contributed by atoms with Crippen LogP contribution >= 0.6 is 11.6 Å². The summed E-state index contributed by atoms with van der Waals surface area (Å²) < 4.78 is 12.9. The standard InChI is InChI=1S/C14H18ClFN2O2/c1-2-3-4-5-8-17-13(19)14(20)18-10-6-7-12(16)11(15)9-10/h6-7,9H,2-5,8H2,1H3,(H,17,19)(H,18,20). The number of hydrogen-bond donors (Lipinski definition) is 2. The first-order valence-electron chi connectivity index (χ1n) is 6.58. The first-order chi connectivity index (χ1) is 9.54. The van der Waals surface area contributed by atoms with Crippen LogP contribution in [0.2, 0.25) is 5.02 Å². The van der Waals surface area contributed by atoms with Crippen molar-refractivity contribution >= 4 is 29.1 Å². The highest BCUT2D eigenvalue weighted by Gasteiger charge is 2.13. The van der Waals surface area contributed by atoms with Crippen molar-refractivity contribution in [2.24, 2.45) is 0 Å². The van der Waals surface area contributed by atoms with Crippen molar-refractivity contribution in [3.05, 3.63) is 29.0 Å². The maximum absolute atomic E-state index is 12.9. The molecule has 0 unspecified atom stereocenters. The summed E-state index contributed by atoms with van der Waals surface area (Å²) in [7, 11) is 0. The molecule has 110 valence electrons. The molecule has 0 radical (unpaired) electrons. The van der Waals surface area contributed by atoms with Gasteiger partial charge in [-0.05, 0) is 24.6 Å². The van der Waals surface area contributed by atoms with Crippen LogP contribution < -0.4 is 10.6 Å². The van der Waals surface area contributed by atoms with Gasteiger partial charge in [-0.2, -0.15) is 0 Å². The number of halogens is 2. The maximum Gasteiger partial charge on any atom is 0.313 e. The fourth-order valence-electron chi connectivity index (χ4n) is 1.60. The molecule has 1 rings (SSSR count). The van der Waals surface area contributed by atoms with Gasteiger partial charge in [0.15, 0.2) is 0 Å².